The van der Waals surface area contributed by atoms with Gasteiger partial charge in [-0.1, -0.05) is 19.1 Å². The molecule has 3 rings (SSSR count). The van der Waals surface area contributed by atoms with Gasteiger partial charge in [0.2, 0.25) is 0 Å². The van der Waals surface area contributed by atoms with Crippen LogP contribution in [0.2, 0.25) is 0 Å². The first-order valence-corrected chi connectivity index (χ1v) is 9.47. The number of halogens is 1. The van der Waals surface area contributed by atoms with Crippen LogP contribution in [-0.2, 0) is 6.42 Å². The lowest BCUT2D eigenvalue weighted by atomic mass is 9.93. The smallest absolute Gasteiger partial charge is 0.287 e. The second-order valence-corrected chi connectivity index (χ2v) is 6.97. The number of furan rings is 1. The second-order valence-electron chi connectivity index (χ2n) is 6.97. The fourth-order valence-corrected chi connectivity index (χ4v) is 3.21. The molecule has 7 heteroatoms. The molecule has 0 saturated heterocycles. The van der Waals surface area contributed by atoms with Gasteiger partial charge in [0.15, 0.2) is 5.76 Å². The average molecular weight is 385 g/mol. The Morgan fingerprint density at radius 3 is 2.71 bits per heavy atom. The molecule has 0 bridgehead atoms. The van der Waals surface area contributed by atoms with E-state index in [2.05, 4.69) is 15.8 Å². The van der Waals surface area contributed by atoms with Crippen LogP contribution < -0.4 is 10.7 Å². The number of nitrogens with one attached hydrogen (secondary N) is 2. The number of rotatable bonds is 5. The van der Waals surface area contributed by atoms with Crippen molar-refractivity contribution in [2.75, 3.05) is 0 Å². The van der Waals surface area contributed by atoms with Crippen molar-refractivity contribution in [1.29, 1.82) is 0 Å². The zero-order valence-corrected chi connectivity index (χ0v) is 16.3. The van der Waals surface area contributed by atoms with Crippen LogP contribution in [-0.4, -0.2) is 23.6 Å². The molecule has 28 heavy (non-hydrogen) atoms. The molecule has 1 aromatic carbocycles. The number of carbonyl (C=O) groups excluding carboxylic acids is 2. The van der Waals surface area contributed by atoms with Gasteiger partial charge in [-0.25, -0.2) is 9.82 Å². The van der Waals surface area contributed by atoms with Crippen molar-refractivity contribution in [1.82, 2.24) is 10.7 Å². The number of aryl methyl sites for hydroxylation is 1. The van der Waals surface area contributed by atoms with Crippen LogP contribution in [0.15, 0.2) is 33.8 Å². The molecule has 6 nitrogen and oxygen atoms in total. The summed E-state index contributed by atoms with van der Waals surface area (Å²) in [7, 11) is 0. The number of carbonyl (C=O) groups is 2. The Balaban J connectivity index is 1.85. The number of benzene rings is 1. The molecule has 2 aromatic rings. The van der Waals surface area contributed by atoms with Crippen LogP contribution in [0.3, 0.4) is 0 Å². The van der Waals surface area contributed by atoms with Crippen molar-refractivity contribution in [3.8, 4) is 0 Å². The minimum atomic E-state index is -0.617. The molecule has 2 amide bonds. The standard InChI is InChI=1S/C21H24FN3O3/c1-4-12(2)23-21(27)19-13(3)18-16(10-7-11-17(18)28-19)24-25-20(26)14-8-5-6-9-15(14)22/h5-6,8-9,12H,4,7,10-11H2,1-3H3,(H,23,27)(H,25,26)/b24-16+. The third kappa shape index (κ3) is 3.98. The lowest BCUT2D eigenvalue weighted by molar-refractivity contribution is 0.0907. The molecule has 0 aliphatic heterocycles. The van der Waals surface area contributed by atoms with Gasteiger partial charge in [-0.05, 0) is 45.2 Å². The first kappa shape index (κ1) is 19.8. The van der Waals surface area contributed by atoms with E-state index in [1.54, 1.807) is 6.07 Å². The van der Waals surface area contributed by atoms with Gasteiger partial charge >= 0.3 is 0 Å². The predicted octanol–water partition coefficient (Wildman–Crippen LogP) is 3.73. The van der Waals surface area contributed by atoms with E-state index in [1.807, 2.05) is 20.8 Å². The molecule has 1 aliphatic rings. The van der Waals surface area contributed by atoms with E-state index in [0.717, 1.165) is 18.4 Å². The molecule has 0 spiro atoms. The molecule has 1 aliphatic carbocycles. The third-order valence-corrected chi connectivity index (χ3v) is 4.93. The van der Waals surface area contributed by atoms with Crippen molar-refractivity contribution < 1.29 is 18.4 Å². The zero-order chi connectivity index (χ0) is 20.3. The number of fused-ring (bicyclic) bond motifs is 1. The quantitative estimate of drug-likeness (QED) is 0.770. The van der Waals surface area contributed by atoms with E-state index in [1.165, 1.54) is 18.2 Å². The molecule has 0 radical (unpaired) electrons. The summed E-state index contributed by atoms with van der Waals surface area (Å²) in [6.07, 6.45) is 2.95. The number of hydrogen-bond donors (Lipinski definition) is 2. The second kappa shape index (κ2) is 8.37. The highest BCUT2D eigenvalue weighted by molar-refractivity contribution is 6.07. The van der Waals surface area contributed by atoms with Crippen molar-refractivity contribution in [2.24, 2.45) is 5.10 Å². The molecule has 2 N–H and O–H groups in total. The van der Waals surface area contributed by atoms with Crippen LogP contribution in [0, 0.1) is 12.7 Å². The van der Waals surface area contributed by atoms with Gasteiger partial charge in [-0.15, -0.1) is 0 Å². The molecule has 148 valence electrons. The van der Waals surface area contributed by atoms with E-state index < -0.39 is 11.7 Å². The Hall–Kier alpha value is -2.96. The van der Waals surface area contributed by atoms with Gasteiger partial charge in [0.05, 0.1) is 11.3 Å². The van der Waals surface area contributed by atoms with Crippen LogP contribution in [0.25, 0.3) is 0 Å². The zero-order valence-electron chi connectivity index (χ0n) is 16.3. The summed E-state index contributed by atoms with van der Waals surface area (Å²) < 4.78 is 19.6. The number of amides is 2. The van der Waals surface area contributed by atoms with E-state index in [4.69, 9.17) is 4.42 Å². The predicted molar refractivity (Wildman–Crippen MR) is 104 cm³/mol. The van der Waals surface area contributed by atoms with E-state index in [-0.39, 0.29) is 23.3 Å². The van der Waals surface area contributed by atoms with Crippen molar-refractivity contribution in [3.63, 3.8) is 0 Å². The molecule has 0 saturated carbocycles. The van der Waals surface area contributed by atoms with Gasteiger partial charge in [0.25, 0.3) is 11.8 Å². The van der Waals surface area contributed by atoms with Gasteiger partial charge in [0.1, 0.15) is 11.6 Å². The van der Waals surface area contributed by atoms with Crippen LogP contribution in [0.4, 0.5) is 4.39 Å². The van der Waals surface area contributed by atoms with Gasteiger partial charge in [-0.3, -0.25) is 9.59 Å². The Morgan fingerprint density at radius 2 is 2.00 bits per heavy atom. The maximum atomic E-state index is 13.8. The van der Waals surface area contributed by atoms with Gasteiger partial charge < -0.3 is 9.73 Å². The van der Waals surface area contributed by atoms with Crippen molar-refractivity contribution in [2.45, 2.75) is 52.5 Å². The van der Waals surface area contributed by atoms with Crippen molar-refractivity contribution in [3.05, 3.63) is 58.3 Å². The topological polar surface area (TPSA) is 83.7 Å². The van der Waals surface area contributed by atoms with E-state index in [9.17, 15) is 14.0 Å². The summed E-state index contributed by atoms with van der Waals surface area (Å²) >= 11 is 0. The highest BCUT2D eigenvalue weighted by atomic mass is 19.1. The average Bonchev–Trinajstić information content (AvgIpc) is 3.03. The minimum Gasteiger partial charge on any atom is -0.455 e. The first-order chi connectivity index (χ1) is 13.4. The Bertz CT molecular complexity index is 933. The van der Waals surface area contributed by atoms with E-state index >= 15 is 0 Å². The molecular weight excluding hydrogens is 361 g/mol. The summed E-state index contributed by atoms with van der Waals surface area (Å²) in [5.41, 5.74) is 4.45. The highest BCUT2D eigenvalue weighted by Gasteiger charge is 2.28. The van der Waals surface area contributed by atoms with Crippen LogP contribution in [0.1, 0.15) is 70.9 Å². The minimum absolute atomic E-state index is 0.0437. The highest BCUT2D eigenvalue weighted by Crippen LogP contribution is 2.30. The fraction of sp³-hybridized carbons (Fsp3) is 0.381. The Labute approximate surface area is 163 Å². The summed E-state index contributed by atoms with van der Waals surface area (Å²) in [5, 5.41) is 7.12. The molecule has 1 atom stereocenters. The van der Waals surface area contributed by atoms with Crippen LogP contribution >= 0.6 is 0 Å². The molecule has 1 heterocycles. The largest absolute Gasteiger partial charge is 0.455 e. The van der Waals surface area contributed by atoms with E-state index in [0.29, 0.717) is 29.9 Å². The summed E-state index contributed by atoms with van der Waals surface area (Å²) in [4.78, 5) is 24.7. The van der Waals surface area contributed by atoms with Crippen LogP contribution in [0.5, 0.6) is 0 Å². The summed E-state index contributed by atoms with van der Waals surface area (Å²) in [6.45, 7) is 5.74. The number of hydrazone groups is 1. The maximum absolute atomic E-state index is 13.8. The number of nitrogens with zero attached hydrogens (tertiary/aromatic N) is 1. The molecule has 0 fully saturated rings. The normalized spacial score (nSPS) is 15.8. The Morgan fingerprint density at radius 1 is 1.25 bits per heavy atom. The summed E-state index contributed by atoms with van der Waals surface area (Å²) in [6, 6.07) is 5.78. The Kier molecular flexibility index (Phi) is 5.92. The molecule has 1 aromatic heterocycles. The SMILES string of the molecule is CCC(C)NC(=O)c1oc2c(c1C)/C(=N/NC(=O)c1ccccc1F)CCC2. The summed E-state index contributed by atoms with van der Waals surface area (Å²) in [5.74, 6) is -0.505. The van der Waals surface area contributed by atoms with Gasteiger partial charge in [0, 0.05) is 23.6 Å². The monoisotopic (exact) mass is 385 g/mol. The van der Waals surface area contributed by atoms with Crippen molar-refractivity contribution >= 4 is 17.5 Å². The molecular formula is C21H24FN3O3. The fourth-order valence-electron chi connectivity index (χ4n) is 3.21. The first-order valence-electron chi connectivity index (χ1n) is 9.47. The van der Waals surface area contributed by atoms with Gasteiger partial charge in [-0.2, -0.15) is 5.10 Å². The maximum Gasteiger partial charge on any atom is 0.287 e. The lowest BCUT2D eigenvalue weighted by Crippen LogP contribution is -2.32. The lowest BCUT2D eigenvalue weighted by Gasteiger charge is -2.13. The number of hydrogen-bond acceptors (Lipinski definition) is 4. The third-order valence-electron chi connectivity index (χ3n) is 4.93. The molecule has 1 unspecified atom stereocenters.